The summed E-state index contributed by atoms with van der Waals surface area (Å²) in [5.74, 6) is 1.12. The number of quaternary nitrogens is 1. The van der Waals surface area contributed by atoms with E-state index in [1.54, 1.807) is 4.90 Å². The molecule has 5 rings (SSSR count). The number of fused-ring (bicyclic) bond motifs is 3. The van der Waals surface area contributed by atoms with Gasteiger partial charge in [-0.05, 0) is 36.4 Å². The highest BCUT2D eigenvalue weighted by atomic mass is 35.5. The number of nitrogens with one attached hydrogen (secondary N) is 2. The largest absolute Gasteiger partial charge is 1.00 e. The summed E-state index contributed by atoms with van der Waals surface area (Å²) in [5.41, 5.74) is 4.73. The molecule has 3 heterocycles. The number of aromatic nitrogens is 3. The van der Waals surface area contributed by atoms with Gasteiger partial charge in [0.15, 0.2) is 0 Å². The Kier molecular flexibility index (Phi) is 7.09. The van der Waals surface area contributed by atoms with Gasteiger partial charge < -0.3 is 34.5 Å². The molecule has 2 aromatic carbocycles. The summed E-state index contributed by atoms with van der Waals surface area (Å²) in [6, 6.07) is 16.5. The molecule has 2 aromatic heterocycles. The number of morpholine rings is 1. The van der Waals surface area contributed by atoms with E-state index in [2.05, 4.69) is 56.5 Å². The van der Waals surface area contributed by atoms with Crippen molar-refractivity contribution in [2.75, 3.05) is 32.8 Å². The lowest BCUT2D eigenvalue weighted by atomic mass is 10.1. The molecule has 0 spiro atoms. The molecular formula is C21H23Cl3N4O. The number of halogens is 3. The Bertz CT molecular complexity index is 1080. The van der Waals surface area contributed by atoms with E-state index in [4.69, 9.17) is 16.3 Å². The standard InChI is InChI=1S/C21H21ClN4O.2ClH/c22-17-7-5-16(6-8-17)20-15-26-19-4-2-1-3-18(19)23-21(26)25(20)10-9-24-11-13-27-14-12-24;;/h1-8,15H,9-14H2;2*1H. The molecule has 29 heavy (non-hydrogen) atoms. The maximum atomic E-state index is 6.10. The molecule has 0 atom stereocenters. The first kappa shape index (κ1) is 21.9. The summed E-state index contributed by atoms with van der Waals surface area (Å²) in [5, 5.41) is 0.762. The van der Waals surface area contributed by atoms with Crippen LogP contribution in [0.15, 0.2) is 54.7 Å². The molecule has 1 fully saturated rings. The summed E-state index contributed by atoms with van der Waals surface area (Å²) in [6.07, 6.45) is 2.23. The first-order valence-electron chi connectivity index (χ1n) is 9.48. The van der Waals surface area contributed by atoms with Gasteiger partial charge in [0, 0.05) is 10.6 Å². The smallest absolute Gasteiger partial charge is 0.368 e. The number of imidazole rings is 2. The van der Waals surface area contributed by atoms with E-state index < -0.39 is 0 Å². The number of nitrogens with zero attached hydrogens (tertiary/aromatic N) is 2. The zero-order chi connectivity index (χ0) is 18.2. The van der Waals surface area contributed by atoms with E-state index in [1.165, 1.54) is 16.8 Å². The number of benzene rings is 2. The zero-order valence-electron chi connectivity index (χ0n) is 15.9. The van der Waals surface area contributed by atoms with Gasteiger partial charge in [0.05, 0.1) is 13.2 Å². The van der Waals surface area contributed by atoms with Crippen molar-refractivity contribution in [2.24, 2.45) is 0 Å². The third-order valence-electron chi connectivity index (χ3n) is 5.46. The first-order chi connectivity index (χ1) is 13.3. The van der Waals surface area contributed by atoms with E-state index in [1.807, 2.05) is 12.1 Å². The van der Waals surface area contributed by atoms with E-state index in [-0.39, 0.29) is 24.8 Å². The van der Waals surface area contributed by atoms with Gasteiger partial charge in [-0.25, -0.2) is 9.55 Å². The molecule has 1 saturated heterocycles. The minimum atomic E-state index is 0. The lowest BCUT2D eigenvalue weighted by molar-refractivity contribution is -0.908. The summed E-state index contributed by atoms with van der Waals surface area (Å²) in [6.45, 7) is 5.94. The summed E-state index contributed by atoms with van der Waals surface area (Å²) < 4.78 is 10.2. The van der Waals surface area contributed by atoms with Crippen LogP contribution in [0, 0.1) is 0 Å². The second-order valence-electron chi connectivity index (χ2n) is 7.12. The second-order valence-corrected chi connectivity index (χ2v) is 7.56. The van der Waals surface area contributed by atoms with Crippen molar-refractivity contribution >= 4 is 28.4 Å². The molecule has 0 bridgehead atoms. The fourth-order valence-corrected chi connectivity index (χ4v) is 4.10. The lowest BCUT2D eigenvalue weighted by Gasteiger charge is -2.23. The number of aromatic amines is 1. The fourth-order valence-electron chi connectivity index (χ4n) is 3.98. The third-order valence-corrected chi connectivity index (χ3v) is 5.72. The molecule has 4 aromatic rings. The highest BCUT2D eigenvalue weighted by Crippen LogP contribution is 2.24. The van der Waals surface area contributed by atoms with Crippen LogP contribution in [0.2, 0.25) is 5.02 Å². The van der Waals surface area contributed by atoms with Gasteiger partial charge in [-0.3, -0.25) is 0 Å². The van der Waals surface area contributed by atoms with Crippen molar-refractivity contribution < 1.29 is 38.9 Å². The van der Waals surface area contributed by atoms with Crippen LogP contribution >= 0.6 is 11.6 Å². The van der Waals surface area contributed by atoms with Crippen LogP contribution in [0.3, 0.4) is 0 Å². The van der Waals surface area contributed by atoms with Crippen molar-refractivity contribution in [1.82, 2.24) is 9.55 Å². The van der Waals surface area contributed by atoms with Crippen LogP contribution in [-0.2, 0) is 11.3 Å². The van der Waals surface area contributed by atoms with Crippen LogP contribution in [0.4, 0.5) is 0 Å². The minimum Gasteiger partial charge on any atom is -1.00 e. The van der Waals surface area contributed by atoms with Crippen LogP contribution in [0.25, 0.3) is 28.1 Å². The van der Waals surface area contributed by atoms with Crippen molar-refractivity contribution in [3.63, 3.8) is 0 Å². The number of para-hydroxylation sites is 2. The van der Waals surface area contributed by atoms with Crippen molar-refractivity contribution in [3.8, 4) is 11.3 Å². The predicted molar refractivity (Wildman–Crippen MR) is 106 cm³/mol. The molecule has 2 N–H and O–H groups in total. The molecule has 0 amide bonds. The Hall–Kier alpha value is -1.76. The van der Waals surface area contributed by atoms with Gasteiger partial charge in [-0.1, -0.05) is 23.7 Å². The average molecular weight is 454 g/mol. The summed E-state index contributed by atoms with van der Waals surface area (Å²) in [7, 11) is 0. The van der Waals surface area contributed by atoms with E-state index >= 15 is 0 Å². The number of H-pyrrole nitrogens is 1. The van der Waals surface area contributed by atoms with E-state index in [0.29, 0.717) is 0 Å². The van der Waals surface area contributed by atoms with Crippen LogP contribution in [0.1, 0.15) is 0 Å². The Morgan fingerprint density at radius 1 is 1.03 bits per heavy atom. The Labute approximate surface area is 187 Å². The van der Waals surface area contributed by atoms with E-state index in [9.17, 15) is 0 Å². The second kappa shape index (κ2) is 9.37. The molecule has 1 aliphatic heterocycles. The Balaban J connectivity index is 0.00000120. The van der Waals surface area contributed by atoms with Gasteiger partial charge in [0.1, 0.15) is 49.1 Å². The molecule has 0 aliphatic carbocycles. The van der Waals surface area contributed by atoms with Crippen molar-refractivity contribution in [1.29, 1.82) is 0 Å². The zero-order valence-corrected chi connectivity index (χ0v) is 18.1. The molecule has 1 aliphatic rings. The van der Waals surface area contributed by atoms with Gasteiger partial charge in [-0.2, -0.15) is 4.40 Å². The average Bonchev–Trinajstić information content (AvgIpc) is 3.24. The SMILES string of the molecule is Clc1ccc(-c2c[n+]3c4ccccc4[nH]c3n2CC[NH+]2CCOCC2)cc1.[Cl-].[Cl-]. The van der Waals surface area contributed by atoms with Crippen molar-refractivity contribution in [2.45, 2.75) is 6.54 Å². The number of ether oxygens (including phenoxy) is 1. The normalized spacial score (nSPS) is 14.7. The highest BCUT2D eigenvalue weighted by molar-refractivity contribution is 6.30. The molecule has 5 nitrogen and oxygen atoms in total. The van der Waals surface area contributed by atoms with Gasteiger partial charge in [0.2, 0.25) is 0 Å². The third kappa shape index (κ3) is 4.25. The highest BCUT2D eigenvalue weighted by Gasteiger charge is 2.24. The Morgan fingerprint density at radius 3 is 2.52 bits per heavy atom. The quantitative estimate of drug-likeness (QED) is 0.303. The lowest BCUT2D eigenvalue weighted by Crippen LogP contribution is -3.14. The fraction of sp³-hybridized carbons (Fsp3) is 0.286. The molecule has 8 heteroatoms. The minimum absolute atomic E-state index is 0. The van der Waals surface area contributed by atoms with Gasteiger partial charge in [0.25, 0.3) is 0 Å². The molecule has 0 saturated carbocycles. The number of rotatable bonds is 4. The summed E-state index contributed by atoms with van der Waals surface area (Å²) >= 11 is 6.10. The van der Waals surface area contributed by atoms with Crippen LogP contribution in [0.5, 0.6) is 0 Å². The predicted octanol–water partition coefficient (Wildman–Crippen LogP) is -4.05. The number of hydrogen-bond donors (Lipinski definition) is 2. The summed E-state index contributed by atoms with van der Waals surface area (Å²) in [4.78, 5) is 5.20. The maximum Gasteiger partial charge on any atom is 0.368 e. The Morgan fingerprint density at radius 2 is 1.76 bits per heavy atom. The molecular weight excluding hydrogens is 431 g/mol. The van der Waals surface area contributed by atoms with Gasteiger partial charge >= 0.3 is 5.78 Å². The van der Waals surface area contributed by atoms with E-state index in [0.717, 1.165) is 55.7 Å². The molecule has 0 radical (unpaired) electrons. The first-order valence-corrected chi connectivity index (χ1v) is 9.86. The van der Waals surface area contributed by atoms with Gasteiger partial charge in [-0.15, -0.1) is 0 Å². The monoisotopic (exact) mass is 452 g/mol. The molecule has 154 valence electrons. The topological polar surface area (TPSA) is 38.5 Å². The molecule has 0 unspecified atom stereocenters. The maximum absolute atomic E-state index is 6.10. The van der Waals surface area contributed by atoms with Crippen molar-refractivity contribution in [3.05, 3.63) is 59.8 Å². The van der Waals surface area contributed by atoms with Crippen LogP contribution in [-0.4, -0.2) is 42.4 Å². The number of hydrogen-bond acceptors (Lipinski definition) is 1. The van der Waals surface area contributed by atoms with Crippen LogP contribution < -0.4 is 34.1 Å².